The lowest BCUT2D eigenvalue weighted by Gasteiger charge is -2.11. The third kappa shape index (κ3) is 1.73. The molecule has 10 heavy (non-hydrogen) atoms. The van der Waals surface area contributed by atoms with E-state index in [0.29, 0.717) is 0 Å². The molecule has 0 spiro atoms. The molecule has 56 valence electrons. The Morgan fingerprint density at radius 2 is 2.40 bits per heavy atom. The van der Waals surface area contributed by atoms with Crippen molar-refractivity contribution in [2.45, 2.75) is 33.1 Å². The quantitative estimate of drug-likeness (QED) is 0.518. The van der Waals surface area contributed by atoms with Crippen LogP contribution in [0.4, 0.5) is 0 Å². The standard InChI is InChI=1S/C10H16/c1-3-10-8-6-4-5-7-9(10)2/h4-5,7,10H,3,6,8H2,1-2H3. The van der Waals surface area contributed by atoms with Gasteiger partial charge in [0, 0.05) is 0 Å². The van der Waals surface area contributed by atoms with E-state index >= 15 is 0 Å². The Kier molecular flexibility index (Phi) is 2.73. The molecule has 0 bridgehead atoms. The third-order valence-corrected chi connectivity index (χ3v) is 2.31. The van der Waals surface area contributed by atoms with E-state index in [9.17, 15) is 0 Å². The van der Waals surface area contributed by atoms with Gasteiger partial charge < -0.3 is 0 Å². The summed E-state index contributed by atoms with van der Waals surface area (Å²) in [6, 6.07) is 0. The monoisotopic (exact) mass is 136 g/mol. The van der Waals surface area contributed by atoms with Crippen molar-refractivity contribution < 1.29 is 0 Å². The summed E-state index contributed by atoms with van der Waals surface area (Å²) in [5.74, 6) is 0.843. The molecular formula is C10H16. The van der Waals surface area contributed by atoms with Gasteiger partial charge in [-0.15, -0.1) is 0 Å². The van der Waals surface area contributed by atoms with Crippen LogP contribution in [0.15, 0.2) is 23.8 Å². The molecule has 0 nitrogen and oxygen atoms in total. The maximum atomic E-state index is 2.27. The lowest BCUT2D eigenvalue weighted by molar-refractivity contribution is 0.551. The van der Waals surface area contributed by atoms with Crippen LogP contribution < -0.4 is 0 Å². The van der Waals surface area contributed by atoms with Crippen molar-refractivity contribution in [3.05, 3.63) is 23.8 Å². The maximum absolute atomic E-state index is 2.27. The first-order chi connectivity index (χ1) is 4.84. The average molecular weight is 136 g/mol. The molecule has 1 aliphatic rings. The molecule has 0 aromatic carbocycles. The Morgan fingerprint density at radius 1 is 1.60 bits per heavy atom. The van der Waals surface area contributed by atoms with Gasteiger partial charge in [-0.05, 0) is 32.1 Å². The van der Waals surface area contributed by atoms with Crippen molar-refractivity contribution in [2.24, 2.45) is 5.92 Å². The van der Waals surface area contributed by atoms with Gasteiger partial charge in [0.15, 0.2) is 0 Å². The normalized spacial score (nSPS) is 25.8. The zero-order valence-electron chi connectivity index (χ0n) is 6.93. The summed E-state index contributed by atoms with van der Waals surface area (Å²) in [6.45, 7) is 4.51. The second-order valence-electron chi connectivity index (χ2n) is 3.02. The summed E-state index contributed by atoms with van der Waals surface area (Å²) < 4.78 is 0. The molecule has 0 radical (unpaired) electrons. The van der Waals surface area contributed by atoms with Crippen molar-refractivity contribution in [1.29, 1.82) is 0 Å². The second kappa shape index (κ2) is 3.60. The summed E-state index contributed by atoms with van der Waals surface area (Å²) >= 11 is 0. The van der Waals surface area contributed by atoms with Gasteiger partial charge >= 0.3 is 0 Å². The van der Waals surface area contributed by atoms with Crippen LogP contribution in [0.25, 0.3) is 0 Å². The van der Waals surface area contributed by atoms with Crippen molar-refractivity contribution in [3.63, 3.8) is 0 Å². The molecule has 0 saturated carbocycles. The van der Waals surface area contributed by atoms with Crippen LogP contribution in [-0.4, -0.2) is 0 Å². The summed E-state index contributed by atoms with van der Waals surface area (Å²) in [4.78, 5) is 0. The van der Waals surface area contributed by atoms with E-state index in [1.165, 1.54) is 19.3 Å². The first-order valence-corrected chi connectivity index (χ1v) is 4.18. The van der Waals surface area contributed by atoms with E-state index in [1.807, 2.05) is 0 Å². The van der Waals surface area contributed by atoms with Crippen LogP contribution in [-0.2, 0) is 0 Å². The van der Waals surface area contributed by atoms with E-state index in [0.717, 1.165) is 5.92 Å². The fraction of sp³-hybridized carbons (Fsp3) is 0.600. The van der Waals surface area contributed by atoms with Crippen LogP contribution >= 0.6 is 0 Å². The molecule has 0 amide bonds. The van der Waals surface area contributed by atoms with E-state index in [-0.39, 0.29) is 0 Å². The Balaban J connectivity index is 2.60. The van der Waals surface area contributed by atoms with Crippen LogP contribution in [0.3, 0.4) is 0 Å². The Bertz CT molecular complexity index is 151. The minimum Gasteiger partial charge on any atom is -0.0845 e. The van der Waals surface area contributed by atoms with Gasteiger partial charge in [-0.3, -0.25) is 0 Å². The summed E-state index contributed by atoms with van der Waals surface area (Å²) in [5.41, 5.74) is 1.55. The SMILES string of the molecule is CCC1CCC=CC=C1C. The van der Waals surface area contributed by atoms with Gasteiger partial charge in [0.25, 0.3) is 0 Å². The highest BCUT2D eigenvalue weighted by Crippen LogP contribution is 2.22. The van der Waals surface area contributed by atoms with Crippen molar-refractivity contribution in [2.75, 3.05) is 0 Å². The predicted molar refractivity (Wildman–Crippen MR) is 45.9 cm³/mol. The highest BCUT2D eigenvalue weighted by Gasteiger charge is 2.07. The van der Waals surface area contributed by atoms with Gasteiger partial charge in [-0.25, -0.2) is 0 Å². The molecular weight excluding hydrogens is 120 g/mol. The summed E-state index contributed by atoms with van der Waals surface area (Å²) in [6.07, 6.45) is 10.6. The van der Waals surface area contributed by atoms with Crippen molar-refractivity contribution in [1.82, 2.24) is 0 Å². The number of rotatable bonds is 1. The van der Waals surface area contributed by atoms with Gasteiger partial charge in [-0.2, -0.15) is 0 Å². The molecule has 0 aromatic heterocycles. The van der Waals surface area contributed by atoms with E-state index in [1.54, 1.807) is 5.57 Å². The minimum atomic E-state index is 0.843. The lowest BCUT2D eigenvalue weighted by atomic mass is 9.94. The maximum Gasteiger partial charge on any atom is -0.0203 e. The Morgan fingerprint density at radius 3 is 3.10 bits per heavy atom. The second-order valence-corrected chi connectivity index (χ2v) is 3.02. The van der Waals surface area contributed by atoms with E-state index in [2.05, 4.69) is 32.1 Å². The zero-order valence-corrected chi connectivity index (χ0v) is 6.93. The van der Waals surface area contributed by atoms with Crippen LogP contribution in [0, 0.1) is 5.92 Å². The van der Waals surface area contributed by atoms with Crippen LogP contribution in [0.2, 0.25) is 0 Å². The predicted octanol–water partition coefficient (Wildman–Crippen LogP) is 3.31. The molecule has 0 heterocycles. The zero-order chi connectivity index (χ0) is 7.40. The van der Waals surface area contributed by atoms with Gasteiger partial charge in [0.1, 0.15) is 0 Å². The molecule has 0 fully saturated rings. The molecule has 1 rings (SSSR count). The topological polar surface area (TPSA) is 0 Å². The molecule has 1 aliphatic carbocycles. The van der Waals surface area contributed by atoms with Gasteiger partial charge in [-0.1, -0.05) is 30.7 Å². The number of allylic oxidation sites excluding steroid dienone is 4. The Hall–Kier alpha value is -0.520. The fourth-order valence-corrected chi connectivity index (χ4v) is 1.50. The molecule has 0 saturated heterocycles. The molecule has 1 unspecified atom stereocenters. The Labute approximate surface area is 63.6 Å². The number of hydrogen-bond acceptors (Lipinski definition) is 0. The lowest BCUT2D eigenvalue weighted by Crippen LogP contribution is -1.98. The fourth-order valence-electron chi connectivity index (χ4n) is 1.50. The van der Waals surface area contributed by atoms with Gasteiger partial charge in [0.05, 0.1) is 0 Å². The molecule has 1 atom stereocenters. The van der Waals surface area contributed by atoms with Gasteiger partial charge in [0.2, 0.25) is 0 Å². The highest BCUT2D eigenvalue weighted by atomic mass is 14.1. The summed E-state index contributed by atoms with van der Waals surface area (Å²) in [5, 5.41) is 0. The van der Waals surface area contributed by atoms with Crippen LogP contribution in [0.1, 0.15) is 33.1 Å². The molecule has 0 aliphatic heterocycles. The van der Waals surface area contributed by atoms with Crippen molar-refractivity contribution in [3.8, 4) is 0 Å². The number of hydrogen-bond donors (Lipinski definition) is 0. The average Bonchev–Trinajstić information content (AvgIpc) is 2.13. The van der Waals surface area contributed by atoms with E-state index in [4.69, 9.17) is 0 Å². The largest absolute Gasteiger partial charge is 0.0845 e. The first kappa shape index (κ1) is 7.59. The third-order valence-electron chi connectivity index (χ3n) is 2.31. The molecule has 0 aromatic rings. The smallest absolute Gasteiger partial charge is 0.0203 e. The van der Waals surface area contributed by atoms with Crippen molar-refractivity contribution >= 4 is 0 Å². The molecule has 0 heteroatoms. The van der Waals surface area contributed by atoms with Crippen LogP contribution in [0.5, 0.6) is 0 Å². The highest BCUT2D eigenvalue weighted by molar-refractivity contribution is 5.15. The molecule has 0 N–H and O–H groups in total. The minimum absolute atomic E-state index is 0.843. The van der Waals surface area contributed by atoms with E-state index < -0.39 is 0 Å². The first-order valence-electron chi connectivity index (χ1n) is 4.18. The summed E-state index contributed by atoms with van der Waals surface area (Å²) in [7, 11) is 0.